The van der Waals surface area contributed by atoms with Crippen molar-refractivity contribution in [2.24, 2.45) is 0 Å². The minimum absolute atomic E-state index is 0.0338. The molecular formula is C6H6BrNO4. The number of halogens is 1. The van der Waals surface area contributed by atoms with Gasteiger partial charge < -0.3 is 4.84 Å². The molecule has 1 fully saturated rings. The predicted molar refractivity (Wildman–Crippen MR) is 41.0 cm³/mol. The number of nitrogens with zero attached hydrogens (tertiary/aromatic N) is 1. The molecule has 0 aromatic rings. The fraction of sp³-hybridized carbons (Fsp3) is 0.500. The number of rotatable bonds is 1. The normalized spacial score (nSPS) is 23.2. The summed E-state index contributed by atoms with van der Waals surface area (Å²) in [6, 6.07) is 0. The third-order valence-corrected chi connectivity index (χ3v) is 1.98. The van der Waals surface area contributed by atoms with Crippen LogP contribution < -0.4 is 0 Å². The first-order valence-corrected chi connectivity index (χ1v) is 4.13. The molecule has 1 heterocycles. The summed E-state index contributed by atoms with van der Waals surface area (Å²) >= 11 is 2.97. The Bertz CT molecular complexity index is 252. The summed E-state index contributed by atoms with van der Waals surface area (Å²) in [5.41, 5.74) is 0. The minimum Gasteiger partial charge on any atom is -0.331 e. The second kappa shape index (κ2) is 3.22. The Labute approximate surface area is 76.7 Å². The highest BCUT2D eigenvalue weighted by Gasteiger charge is 2.39. The van der Waals surface area contributed by atoms with Crippen LogP contribution in [0.5, 0.6) is 0 Å². The Kier molecular flexibility index (Phi) is 2.46. The Morgan fingerprint density at radius 2 is 2.25 bits per heavy atom. The van der Waals surface area contributed by atoms with E-state index in [1.54, 1.807) is 0 Å². The van der Waals surface area contributed by atoms with Crippen molar-refractivity contribution in [1.29, 1.82) is 0 Å². The minimum atomic E-state index is -0.682. The molecule has 12 heavy (non-hydrogen) atoms. The van der Waals surface area contributed by atoms with Gasteiger partial charge in [-0.1, -0.05) is 15.9 Å². The van der Waals surface area contributed by atoms with Crippen molar-refractivity contribution in [1.82, 2.24) is 5.06 Å². The number of hydroxylamine groups is 2. The quantitative estimate of drug-likeness (QED) is 0.474. The average Bonchev–Trinajstić information content (AvgIpc) is 2.16. The van der Waals surface area contributed by atoms with E-state index in [2.05, 4.69) is 20.8 Å². The van der Waals surface area contributed by atoms with Gasteiger partial charge in [0.1, 0.15) is 4.83 Å². The van der Waals surface area contributed by atoms with Crippen molar-refractivity contribution < 1.29 is 19.2 Å². The van der Waals surface area contributed by atoms with Crippen LogP contribution in [0.4, 0.5) is 0 Å². The Morgan fingerprint density at radius 3 is 2.58 bits per heavy atom. The summed E-state index contributed by atoms with van der Waals surface area (Å²) in [7, 11) is 0. The fourth-order valence-corrected chi connectivity index (χ4v) is 1.26. The van der Waals surface area contributed by atoms with E-state index in [-0.39, 0.29) is 6.42 Å². The first kappa shape index (κ1) is 9.18. The number of carbonyl (C=O) groups excluding carboxylic acids is 3. The van der Waals surface area contributed by atoms with Gasteiger partial charge in [-0.25, -0.2) is 4.79 Å². The molecule has 1 atom stereocenters. The van der Waals surface area contributed by atoms with Crippen molar-refractivity contribution in [2.75, 3.05) is 0 Å². The summed E-state index contributed by atoms with van der Waals surface area (Å²) in [5, 5.41) is 0.488. The van der Waals surface area contributed by atoms with Gasteiger partial charge in [0.2, 0.25) is 0 Å². The molecule has 0 spiro atoms. The van der Waals surface area contributed by atoms with Gasteiger partial charge >= 0.3 is 5.97 Å². The van der Waals surface area contributed by atoms with Crippen LogP contribution in [0.15, 0.2) is 0 Å². The molecule has 1 saturated heterocycles. The summed E-state index contributed by atoms with van der Waals surface area (Å²) in [6.07, 6.45) is 0.0338. The largest absolute Gasteiger partial charge is 0.331 e. The van der Waals surface area contributed by atoms with Gasteiger partial charge in [0.25, 0.3) is 11.8 Å². The van der Waals surface area contributed by atoms with Crippen molar-refractivity contribution in [3.63, 3.8) is 0 Å². The van der Waals surface area contributed by atoms with Gasteiger partial charge in [-0.15, -0.1) is 5.06 Å². The molecule has 1 aliphatic rings. The number of amides is 2. The van der Waals surface area contributed by atoms with Crippen LogP contribution in [-0.4, -0.2) is 27.7 Å². The maximum absolute atomic E-state index is 11.0. The van der Waals surface area contributed by atoms with Crippen molar-refractivity contribution in [2.45, 2.75) is 18.2 Å². The number of hydrogen-bond acceptors (Lipinski definition) is 4. The molecule has 1 rings (SSSR count). The van der Waals surface area contributed by atoms with Crippen molar-refractivity contribution in [3.8, 4) is 0 Å². The van der Waals surface area contributed by atoms with E-state index >= 15 is 0 Å². The van der Waals surface area contributed by atoms with Crippen LogP contribution in [0.3, 0.4) is 0 Å². The molecule has 0 N–H and O–H groups in total. The maximum Gasteiger partial charge on any atom is 0.330 e. The fourth-order valence-electron chi connectivity index (χ4n) is 0.798. The van der Waals surface area contributed by atoms with E-state index < -0.39 is 22.6 Å². The highest BCUT2D eigenvalue weighted by molar-refractivity contribution is 9.10. The van der Waals surface area contributed by atoms with Gasteiger partial charge in [-0.3, -0.25) is 9.59 Å². The van der Waals surface area contributed by atoms with E-state index in [9.17, 15) is 14.4 Å². The maximum atomic E-state index is 11.0. The molecule has 66 valence electrons. The first-order chi connectivity index (χ1) is 5.52. The highest BCUT2D eigenvalue weighted by Crippen LogP contribution is 2.19. The molecule has 6 heteroatoms. The van der Waals surface area contributed by atoms with E-state index in [4.69, 9.17) is 0 Å². The van der Waals surface area contributed by atoms with E-state index in [1.165, 1.54) is 0 Å². The van der Waals surface area contributed by atoms with Crippen LogP contribution in [-0.2, 0) is 19.2 Å². The number of imide groups is 1. The summed E-state index contributed by atoms with van der Waals surface area (Å²) < 4.78 is 0. The van der Waals surface area contributed by atoms with Gasteiger partial charge in [0, 0.05) is 6.92 Å². The van der Waals surface area contributed by atoms with E-state index in [0.29, 0.717) is 5.06 Å². The average molecular weight is 236 g/mol. The molecule has 0 bridgehead atoms. The van der Waals surface area contributed by atoms with Gasteiger partial charge in [-0.05, 0) is 0 Å². The lowest BCUT2D eigenvalue weighted by Crippen LogP contribution is -2.32. The third kappa shape index (κ3) is 1.63. The SMILES string of the molecule is CC(=O)ON1C(=O)CC(Br)C1=O. The Balaban J connectivity index is 2.70. The van der Waals surface area contributed by atoms with Gasteiger partial charge in [0.05, 0.1) is 6.42 Å². The predicted octanol–water partition coefficient (Wildman–Crippen LogP) is -0.0131. The van der Waals surface area contributed by atoms with Gasteiger partial charge in [0.15, 0.2) is 0 Å². The molecule has 0 saturated carbocycles. The number of hydrogen-bond donors (Lipinski definition) is 0. The van der Waals surface area contributed by atoms with Crippen LogP contribution in [0.2, 0.25) is 0 Å². The molecule has 5 nitrogen and oxygen atoms in total. The standard InChI is InChI=1S/C6H6BrNO4/c1-3(9)12-8-5(10)2-4(7)6(8)11/h4H,2H2,1H3. The highest BCUT2D eigenvalue weighted by atomic mass is 79.9. The second-order valence-corrected chi connectivity index (χ2v) is 3.39. The lowest BCUT2D eigenvalue weighted by Gasteiger charge is -2.10. The zero-order valence-electron chi connectivity index (χ0n) is 6.24. The van der Waals surface area contributed by atoms with Crippen molar-refractivity contribution in [3.05, 3.63) is 0 Å². The van der Waals surface area contributed by atoms with E-state index in [0.717, 1.165) is 6.92 Å². The van der Waals surface area contributed by atoms with Crippen LogP contribution in [0.1, 0.15) is 13.3 Å². The third-order valence-electron chi connectivity index (χ3n) is 1.27. The number of carbonyl (C=O) groups is 3. The molecule has 0 aliphatic carbocycles. The summed E-state index contributed by atoms with van der Waals surface area (Å²) in [5.74, 6) is -1.72. The molecule has 0 aromatic heterocycles. The molecule has 0 aromatic carbocycles. The molecular weight excluding hydrogens is 230 g/mol. The smallest absolute Gasteiger partial charge is 0.330 e. The topological polar surface area (TPSA) is 63.7 Å². The summed E-state index contributed by atoms with van der Waals surface area (Å²) in [4.78, 5) is 36.2. The molecule has 0 radical (unpaired) electrons. The molecule has 1 aliphatic heterocycles. The molecule has 2 amide bonds. The number of alkyl halides is 1. The Morgan fingerprint density at radius 1 is 1.67 bits per heavy atom. The zero-order valence-corrected chi connectivity index (χ0v) is 7.83. The van der Waals surface area contributed by atoms with E-state index in [1.807, 2.05) is 0 Å². The lowest BCUT2D eigenvalue weighted by molar-refractivity contribution is -0.195. The summed E-state index contributed by atoms with van der Waals surface area (Å²) in [6.45, 7) is 1.13. The second-order valence-electron chi connectivity index (χ2n) is 2.28. The van der Waals surface area contributed by atoms with Crippen molar-refractivity contribution >= 4 is 33.7 Å². The van der Waals surface area contributed by atoms with Crippen LogP contribution >= 0.6 is 15.9 Å². The van der Waals surface area contributed by atoms with Crippen LogP contribution in [0.25, 0.3) is 0 Å². The van der Waals surface area contributed by atoms with Crippen LogP contribution in [0, 0.1) is 0 Å². The first-order valence-electron chi connectivity index (χ1n) is 3.21. The lowest BCUT2D eigenvalue weighted by atomic mass is 10.4. The zero-order chi connectivity index (χ0) is 9.30. The monoisotopic (exact) mass is 235 g/mol. The Hall–Kier alpha value is -0.910. The van der Waals surface area contributed by atoms with Gasteiger partial charge in [-0.2, -0.15) is 0 Å². The molecule has 1 unspecified atom stereocenters.